The highest BCUT2D eigenvalue weighted by Crippen LogP contribution is 2.26. The van der Waals surface area contributed by atoms with Crippen molar-refractivity contribution in [1.29, 1.82) is 0 Å². The summed E-state index contributed by atoms with van der Waals surface area (Å²) in [6.07, 6.45) is 1.72. The molecule has 1 N–H and O–H groups in total. The van der Waals surface area contributed by atoms with Crippen molar-refractivity contribution in [3.63, 3.8) is 0 Å². The smallest absolute Gasteiger partial charge is 0.282 e. The lowest BCUT2D eigenvalue weighted by Crippen LogP contribution is -2.50. The molecule has 1 aliphatic heterocycles. The fourth-order valence-electron chi connectivity index (χ4n) is 3.65. The number of carbonyl (C=O) groups excluding carboxylic acids is 1. The molecule has 32 heavy (non-hydrogen) atoms. The lowest BCUT2D eigenvalue weighted by atomic mass is 10.2. The molecule has 0 spiro atoms. The van der Waals surface area contributed by atoms with Gasteiger partial charge >= 0.3 is 0 Å². The number of amides is 1. The highest BCUT2D eigenvalue weighted by Gasteiger charge is 2.32. The molecule has 1 amide bonds. The molecular formula is C20H19ClIN5O3S2. The number of fused-ring (bicyclic) bond motifs is 2. The Labute approximate surface area is 210 Å². The Morgan fingerprint density at radius 3 is 2.66 bits per heavy atom. The number of sulfonamides is 1. The van der Waals surface area contributed by atoms with E-state index in [0.717, 1.165) is 21.3 Å². The largest absolute Gasteiger partial charge is 0.345 e. The second kappa shape index (κ2) is 8.86. The molecule has 1 saturated heterocycles. The molecule has 0 saturated carbocycles. The van der Waals surface area contributed by atoms with Gasteiger partial charge in [-0.15, -0.1) is 35.3 Å². The van der Waals surface area contributed by atoms with Crippen molar-refractivity contribution in [2.45, 2.75) is 11.9 Å². The number of carbonyl (C=O) groups is 1. The van der Waals surface area contributed by atoms with Gasteiger partial charge in [-0.05, 0) is 37.3 Å². The van der Waals surface area contributed by atoms with Crippen LogP contribution in [0.5, 0.6) is 0 Å². The van der Waals surface area contributed by atoms with E-state index in [1.807, 2.05) is 13.0 Å². The van der Waals surface area contributed by atoms with E-state index >= 15 is 0 Å². The van der Waals surface area contributed by atoms with Gasteiger partial charge in [-0.2, -0.15) is 4.31 Å². The van der Waals surface area contributed by atoms with Crippen LogP contribution in [0, 0.1) is 6.92 Å². The minimum atomic E-state index is -3.70. The molecule has 0 unspecified atom stereocenters. The van der Waals surface area contributed by atoms with Crippen LogP contribution in [0.3, 0.4) is 0 Å². The molecule has 0 aliphatic carbocycles. The third-order valence-corrected chi connectivity index (χ3v) is 8.35. The lowest BCUT2D eigenvalue weighted by Gasteiger charge is -2.33. The minimum Gasteiger partial charge on any atom is -0.345 e. The Morgan fingerprint density at radius 1 is 1.16 bits per heavy atom. The summed E-state index contributed by atoms with van der Waals surface area (Å²) in [5.74, 6) is -0.184. The lowest BCUT2D eigenvalue weighted by molar-refractivity contribution is 0.0697. The van der Waals surface area contributed by atoms with Crippen molar-refractivity contribution in [2.24, 2.45) is 0 Å². The van der Waals surface area contributed by atoms with E-state index < -0.39 is 10.0 Å². The van der Waals surface area contributed by atoms with E-state index in [9.17, 15) is 13.2 Å². The summed E-state index contributed by atoms with van der Waals surface area (Å²) in [4.78, 5) is 26.2. The number of aromatic nitrogens is 3. The Hall–Kier alpha value is -1.80. The van der Waals surface area contributed by atoms with Crippen LogP contribution in [0.1, 0.15) is 15.5 Å². The number of piperazine rings is 1. The van der Waals surface area contributed by atoms with E-state index in [4.69, 9.17) is 11.6 Å². The molecule has 5 rings (SSSR count). The van der Waals surface area contributed by atoms with Gasteiger partial charge in [0.25, 0.3) is 15.9 Å². The number of hydrogen-bond acceptors (Lipinski definition) is 6. The third kappa shape index (κ3) is 4.23. The Bertz CT molecular complexity index is 1430. The summed E-state index contributed by atoms with van der Waals surface area (Å²) in [5, 5.41) is 1.80. The first-order valence-corrected chi connectivity index (χ1v) is 12.3. The number of aromatic amines is 1. The average molecular weight is 604 g/mol. The molecule has 0 bridgehead atoms. The maximum Gasteiger partial charge on any atom is 0.282 e. The van der Waals surface area contributed by atoms with Crippen molar-refractivity contribution in [3.8, 4) is 0 Å². The van der Waals surface area contributed by atoms with E-state index in [-0.39, 0.29) is 48.0 Å². The second-order valence-electron chi connectivity index (χ2n) is 7.37. The molecule has 1 fully saturated rings. The number of halogens is 2. The maximum atomic E-state index is 13.1. The fraction of sp³-hybridized carbons (Fsp3) is 0.250. The maximum absolute atomic E-state index is 13.1. The zero-order valence-electron chi connectivity index (χ0n) is 16.9. The van der Waals surface area contributed by atoms with Crippen LogP contribution in [-0.2, 0) is 10.0 Å². The number of thiazole rings is 1. The number of benzene rings is 1. The molecule has 1 aromatic carbocycles. The van der Waals surface area contributed by atoms with Gasteiger partial charge < -0.3 is 9.88 Å². The summed E-state index contributed by atoms with van der Waals surface area (Å²) in [5.41, 5.74) is 2.30. The highest BCUT2D eigenvalue weighted by atomic mass is 127. The van der Waals surface area contributed by atoms with Gasteiger partial charge in [0.05, 0.1) is 10.2 Å². The van der Waals surface area contributed by atoms with Gasteiger partial charge in [0.15, 0.2) is 5.01 Å². The zero-order chi connectivity index (χ0) is 21.8. The van der Waals surface area contributed by atoms with Crippen LogP contribution in [-0.4, -0.2) is 64.7 Å². The normalized spacial score (nSPS) is 15.2. The third-order valence-electron chi connectivity index (χ3n) is 5.30. The summed E-state index contributed by atoms with van der Waals surface area (Å²) < 4.78 is 28.4. The Balaban J connectivity index is 0.00000245. The van der Waals surface area contributed by atoms with Crippen LogP contribution in [0.15, 0.2) is 41.6 Å². The first-order valence-electron chi connectivity index (χ1n) is 9.62. The van der Waals surface area contributed by atoms with Crippen LogP contribution in [0.4, 0.5) is 0 Å². The summed E-state index contributed by atoms with van der Waals surface area (Å²) in [6, 6.07) is 8.62. The molecule has 3 aromatic heterocycles. The number of pyridine rings is 1. The van der Waals surface area contributed by atoms with Crippen LogP contribution in [0.25, 0.3) is 21.1 Å². The Kier molecular flexibility index (Phi) is 6.47. The first-order chi connectivity index (χ1) is 14.8. The SMILES string of the molecule is Cc1cc2nc(C(=O)N3CCN(S(=O)(=O)c4cc5cc(Cl)ccc5[nH]4)CC3)sc2cn1.I. The molecule has 12 heteroatoms. The number of nitrogens with zero attached hydrogens (tertiary/aromatic N) is 4. The number of aryl methyl sites for hydroxylation is 1. The first kappa shape index (κ1) is 23.4. The summed E-state index contributed by atoms with van der Waals surface area (Å²) in [6.45, 7) is 2.92. The monoisotopic (exact) mass is 603 g/mol. The van der Waals surface area contributed by atoms with Crippen molar-refractivity contribution < 1.29 is 13.2 Å². The van der Waals surface area contributed by atoms with Gasteiger partial charge in [0, 0.05) is 54.0 Å². The highest BCUT2D eigenvalue weighted by molar-refractivity contribution is 14.0. The van der Waals surface area contributed by atoms with Crippen LogP contribution in [0.2, 0.25) is 5.02 Å². The van der Waals surface area contributed by atoms with Crippen molar-refractivity contribution in [3.05, 3.63) is 52.3 Å². The number of rotatable bonds is 3. The minimum absolute atomic E-state index is 0. The second-order valence-corrected chi connectivity index (χ2v) is 10.7. The molecule has 8 nitrogen and oxygen atoms in total. The van der Waals surface area contributed by atoms with E-state index in [0.29, 0.717) is 28.6 Å². The van der Waals surface area contributed by atoms with Crippen molar-refractivity contribution >= 4 is 84.0 Å². The van der Waals surface area contributed by atoms with E-state index in [1.54, 1.807) is 35.4 Å². The fourth-order valence-corrected chi connectivity index (χ4v) is 6.15. The van der Waals surface area contributed by atoms with Gasteiger partial charge in [-0.1, -0.05) is 11.6 Å². The van der Waals surface area contributed by atoms with Gasteiger partial charge in [-0.3, -0.25) is 9.78 Å². The molecule has 4 aromatic rings. The average Bonchev–Trinajstić information content (AvgIpc) is 3.37. The van der Waals surface area contributed by atoms with Crippen molar-refractivity contribution in [2.75, 3.05) is 26.2 Å². The molecule has 0 radical (unpaired) electrons. The number of nitrogens with one attached hydrogen (secondary N) is 1. The van der Waals surface area contributed by atoms with E-state index in [1.165, 1.54) is 15.6 Å². The molecule has 0 atom stereocenters. The van der Waals surface area contributed by atoms with Gasteiger partial charge in [0.1, 0.15) is 5.03 Å². The van der Waals surface area contributed by atoms with Crippen molar-refractivity contribution in [1.82, 2.24) is 24.2 Å². The van der Waals surface area contributed by atoms with Gasteiger partial charge in [0.2, 0.25) is 0 Å². The quantitative estimate of drug-likeness (QED) is 0.358. The predicted molar refractivity (Wildman–Crippen MR) is 136 cm³/mol. The zero-order valence-corrected chi connectivity index (χ0v) is 21.6. The number of hydrogen-bond donors (Lipinski definition) is 1. The summed E-state index contributed by atoms with van der Waals surface area (Å²) >= 11 is 7.30. The molecular weight excluding hydrogens is 585 g/mol. The molecule has 168 valence electrons. The predicted octanol–water partition coefficient (Wildman–Crippen LogP) is 3.90. The molecule has 1 aliphatic rings. The Morgan fingerprint density at radius 2 is 1.91 bits per heavy atom. The van der Waals surface area contributed by atoms with Gasteiger partial charge in [-0.25, -0.2) is 13.4 Å². The topological polar surface area (TPSA) is 99.3 Å². The van der Waals surface area contributed by atoms with Crippen LogP contribution < -0.4 is 0 Å². The number of H-pyrrole nitrogens is 1. The van der Waals surface area contributed by atoms with E-state index in [2.05, 4.69) is 15.0 Å². The standard InChI is InChI=1S/C20H18ClN5O3S2.HI/c1-12-8-16-17(11-22-12)30-19(24-16)20(27)25-4-6-26(7-5-25)31(28,29)18-10-13-9-14(21)2-3-15(13)23-18;/h2-3,8-11,23H,4-7H2,1H3;1H. The van der Waals surface area contributed by atoms with Crippen LogP contribution >= 0.6 is 46.9 Å². The molecule has 4 heterocycles. The summed E-state index contributed by atoms with van der Waals surface area (Å²) in [7, 11) is -3.70.